The Hall–Kier alpha value is -1.11. The lowest BCUT2D eigenvalue weighted by molar-refractivity contribution is -0.162. The molecule has 1 unspecified atom stereocenters. The van der Waals surface area contributed by atoms with Crippen LogP contribution >= 0.6 is 0 Å². The van der Waals surface area contributed by atoms with Gasteiger partial charge < -0.3 is 23.7 Å². The van der Waals surface area contributed by atoms with Gasteiger partial charge in [-0.15, -0.1) is 0 Å². The maximum atomic E-state index is 11.8. The Morgan fingerprint density at radius 3 is 2.48 bits per heavy atom. The van der Waals surface area contributed by atoms with Crippen molar-refractivity contribution in [2.75, 3.05) is 26.9 Å². The third-order valence-corrected chi connectivity index (χ3v) is 3.22. The van der Waals surface area contributed by atoms with Crippen molar-refractivity contribution >= 4 is 5.97 Å². The van der Waals surface area contributed by atoms with Gasteiger partial charge in [-0.3, -0.25) is 0 Å². The first-order valence-corrected chi connectivity index (χ1v) is 7.44. The Labute approximate surface area is 126 Å². The summed E-state index contributed by atoms with van der Waals surface area (Å²) < 4.78 is 26.8. The maximum absolute atomic E-state index is 11.8. The van der Waals surface area contributed by atoms with Crippen LogP contribution in [0.4, 0.5) is 0 Å². The summed E-state index contributed by atoms with van der Waals surface area (Å²) in [6.07, 6.45) is 1.88. The van der Waals surface area contributed by atoms with E-state index in [0.717, 1.165) is 0 Å². The van der Waals surface area contributed by atoms with Crippen molar-refractivity contribution in [1.29, 1.82) is 0 Å². The van der Waals surface area contributed by atoms with Crippen LogP contribution in [-0.2, 0) is 28.5 Å². The number of ether oxygens (including phenoxy) is 5. The number of carbonyl (C=O) groups is 1. The molecule has 0 aromatic rings. The SMILES string of the molecule is CCOC1C[C@H](CC(OCC)OCC)C(C(=O)OC)=CO1. The van der Waals surface area contributed by atoms with Crippen molar-refractivity contribution in [3.63, 3.8) is 0 Å². The highest BCUT2D eigenvalue weighted by atomic mass is 16.7. The Bertz CT molecular complexity index is 335. The van der Waals surface area contributed by atoms with Gasteiger partial charge in [0.2, 0.25) is 0 Å². The van der Waals surface area contributed by atoms with E-state index in [-0.39, 0.29) is 24.5 Å². The van der Waals surface area contributed by atoms with E-state index in [1.54, 1.807) is 0 Å². The monoisotopic (exact) mass is 302 g/mol. The van der Waals surface area contributed by atoms with E-state index >= 15 is 0 Å². The fourth-order valence-electron chi connectivity index (χ4n) is 2.30. The third-order valence-electron chi connectivity index (χ3n) is 3.22. The van der Waals surface area contributed by atoms with Crippen LogP contribution in [0, 0.1) is 5.92 Å². The Morgan fingerprint density at radius 1 is 1.29 bits per heavy atom. The lowest BCUT2D eigenvalue weighted by Crippen LogP contribution is -2.32. The molecule has 1 rings (SSSR count). The Kier molecular flexibility index (Phi) is 8.34. The molecule has 6 nitrogen and oxygen atoms in total. The van der Waals surface area contributed by atoms with Crippen molar-refractivity contribution < 1.29 is 28.5 Å². The highest BCUT2D eigenvalue weighted by Gasteiger charge is 2.33. The molecule has 0 bridgehead atoms. The summed E-state index contributed by atoms with van der Waals surface area (Å²) in [4.78, 5) is 11.8. The molecule has 0 saturated heterocycles. The summed E-state index contributed by atoms with van der Waals surface area (Å²) >= 11 is 0. The van der Waals surface area contributed by atoms with E-state index in [1.807, 2.05) is 20.8 Å². The van der Waals surface area contributed by atoms with Gasteiger partial charge in [-0.1, -0.05) is 0 Å². The van der Waals surface area contributed by atoms with Gasteiger partial charge in [0.25, 0.3) is 0 Å². The van der Waals surface area contributed by atoms with E-state index < -0.39 is 0 Å². The van der Waals surface area contributed by atoms with Crippen LogP contribution in [0.15, 0.2) is 11.8 Å². The number of carbonyl (C=O) groups excluding carboxylic acids is 1. The van der Waals surface area contributed by atoms with Gasteiger partial charge in [0.15, 0.2) is 12.6 Å². The number of hydrogen-bond acceptors (Lipinski definition) is 6. The molecule has 0 aromatic carbocycles. The number of hydrogen-bond donors (Lipinski definition) is 0. The van der Waals surface area contributed by atoms with Crippen molar-refractivity contribution in [3.05, 3.63) is 11.8 Å². The lowest BCUT2D eigenvalue weighted by Gasteiger charge is -2.30. The van der Waals surface area contributed by atoms with Crippen LogP contribution in [0.3, 0.4) is 0 Å². The Balaban J connectivity index is 2.77. The van der Waals surface area contributed by atoms with Crippen LogP contribution in [0.25, 0.3) is 0 Å². The number of rotatable bonds is 9. The highest BCUT2D eigenvalue weighted by molar-refractivity contribution is 5.88. The van der Waals surface area contributed by atoms with Crippen LogP contribution in [0.1, 0.15) is 33.6 Å². The van der Waals surface area contributed by atoms with Gasteiger partial charge in [-0.05, 0) is 20.8 Å². The van der Waals surface area contributed by atoms with Gasteiger partial charge >= 0.3 is 5.97 Å². The van der Waals surface area contributed by atoms with Gasteiger partial charge in [0, 0.05) is 38.6 Å². The second-order valence-electron chi connectivity index (χ2n) is 4.59. The number of methoxy groups -OCH3 is 1. The zero-order valence-corrected chi connectivity index (χ0v) is 13.3. The molecule has 0 spiro atoms. The van der Waals surface area contributed by atoms with Crippen molar-refractivity contribution in [1.82, 2.24) is 0 Å². The average molecular weight is 302 g/mol. The molecule has 21 heavy (non-hydrogen) atoms. The first-order chi connectivity index (χ1) is 10.2. The highest BCUT2D eigenvalue weighted by Crippen LogP contribution is 2.30. The molecule has 0 N–H and O–H groups in total. The lowest BCUT2D eigenvalue weighted by atomic mass is 9.91. The summed E-state index contributed by atoms with van der Waals surface area (Å²) in [5.74, 6) is -0.465. The van der Waals surface area contributed by atoms with Gasteiger partial charge in [-0.2, -0.15) is 0 Å². The predicted octanol–water partition coefficient (Wildman–Crippen LogP) is 2.23. The molecule has 0 radical (unpaired) electrons. The van der Waals surface area contributed by atoms with E-state index in [2.05, 4.69) is 0 Å². The standard InChI is InChI=1S/C15H26O6/c1-5-18-13(19-6-2)8-11-9-14(20-7-3)21-10-12(11)15(16)17-4/h10-11,13-14H,5-9H2,1-4H3/t11-,14?/m0/s1. The molecular formula is C15H26O6. The molecular weight excluding hydrogens is 276 g/mol. The average Bonchev–Trinajstić information content (AvgIpc) is 2.48. The van der Waals surface area contributed by atoms with Crippen LogP contribution in [0.2, 0.25) is 0 Å². The fourth-order valence-corrected chi connectivity index (χ4v) is 2.30. The quantitative estimate of drug-likeness (QED) is 0.481. The molecule has 0 aliphatic carbocycles. The second-order valence-corrected chi connectivity index (χ2v) is 4.59. The summed E-state index contributed by atoms with van der Waals surface area (Å²) in [7, 11) is 1.36. The minimum absolute atomic E-state index is 0.0779. The first kappa shape index (κ1) is 17.9. The van der Waals surface area contributed by atoms with Gasteiger partial charge in [0.05, 0.1) is 18.9 Å². The second kappa shape index (κ2) is 9.76. The van der Waals surface area contributed by atoms with Gasteiger partial charge in [-0.25, -0.2) is 4.79 Å². The van der Waals surface area contributed by atoms with Crippen LogP contribution in [-0.4, -0.2) is 45.5 Å². The zero-order chi connectivity index (χ0) is 15.7. The van der Waals surface area contributed by atoms with Crippen molar-refractivity contribution in [3.8, 4) is 0 Å². The molecule has 1 aliphatic rings. The topological polar surface area (TPSA) is 63.2 Å². The summed E-state index contributed by atoms with van der Waals surface area (Å²) in [6, 6.07) is 0. The molecule has 0 saturated carbocycles. The molecule has 0 amide bonds. The number of esters is 1. The summed E-state index contributed by atoms with van der Waals surface area (Å²) in [5.41, 5.74) is 0.498. The third kappa shape index (κ3) is 5.65. The molecule has 122 valence electrons. The van der Waals surface area contributed by atoms with Crippen molar-refractivity contribution in [2.24, 2.45) is 5.92 Å². The molecule has 1 heterocycles. The fraction of sp³-hybridized carbons (Fsp3) is 0.800. The first-order valence-electron chi connectivity index (χ1n) is 7.44. The van der Waals surface area contributed by atoms with E-state index in [4.69, 9.17) is 23.7 Å². The smallest absolute Gasteiger partial charge is 0.337 e. The van der Waals surface area contributed by atoms with Crippen molar-refractivity contribution in [2.45, 2.75) is 46.2 Å². The van der Waals surface area contributed by atoms with E-state index in [1.165, 1.54) is 13.4 Å². The maximum Gasteiger partial charge on any atom is 0.337 e. The van der Waals surface area contributed by atoms with E-state index in [0.29, 0.717) is 38.2 Å². The summed E-state index contributed by atoms with van der Waals surface area (Å²) in [5, 5.41) is 0. The molecule has 6 heteroatoms. The normalized spacial score (nSPS) is 21.9. The molecule has 0 aromatic heterocycles. The van der Waals surface area contributed by atoms with E-state index in [9.17, 15) is 4.79 Å². The Morgan fingerprint density at radius 2 is 1.95 bits per heavy atom. The molecule has 1 aliphatic heterocycles. The van der Waals surface area contributed by atoms with Crippen LogP contribution < -0.4 is 0 Å². The largest absolute Gasteiger partial charge is 0.472 e. The molecule has 0 fully saturated rings. The van der Waals surface area contributed by atoms with Gasteiger partial charge in [0.1, 0.15) is 0 Å². The van der Waals surface area contributed by atoms with Crippen LogP contribution in [0.5, 0.6) is 0 Å². The summed E-state index contributed by atoms with van der Waals surface area (Å²) in [6.45, 7) is 7.40. The molecule has 2 atom stereocenters. The predicted molar refractivity (Wildman–Crippen MR) is 76.4 cm³/mol. The minimum atomic E-state index is -0.387. The minimum Gasteiger partial charge on any atom is -0.472 e. The zero-order valence-electron chi connectivity index (χ0n) is 13.3.